The van der Waals surface area contributed by atoms with E-state index in [4.69, 9.17) is 0 Å². The lowest BCUT2D eigenvalue weighted by atomic mass is 10.1. The van der Waals surface area contributed by atoms with Gasteiger partial charge in [0.2, 0.25) is 0 Å². The maximum atomic E-state index is 9.86. The summed E-state index contributed by atoms with van der Waals surface area (Å²) in [6.45, 7) is 1.79. The van der Waals surface area contributed by atoms with Crippen LogP contribution in [-0.4, -0.2) is 16.4 Å². The van der Waals surface area contributed by atoms with Gasteiger partial charge in [-0.15, -0.1) is 0 Å². The number of aliphatic hydroxyl groups excluding tert-OH is 1. The predicted molar refractivity (Wildman–Crippen MR) is 72.5 cm³/mol. The molecule has 2 rings (SSSR count). The molecule has 0 radical (unpaired) electrons. The van der Waals surface area contributed by atoms with Gasteiger partial charge in [-0.05, 0) is 24.6 Å². The molecule has 0 saturated carbocycles. The standard InChI is InChI=1S/C15H15NO2/c1-11-5-4-7-12(15(11)18)9-16-14-8-3-2-6-13(14)10-17/h2-9,17-18H,10H2,1H3. The first-order valence-electron chi connectivity index (χ1n) is 5.74. The number of aliphatic hydroxyl groups is 1. The molecule has 0 atom stereocenters. The molecule has 2 N–H and O–H groups in total. The molecule has 3 heteroatoms. The van der Waals surface area contributed by atoms with Gasteiger partial charge in [0.1, 0.15) is 5.75 Å². The van der Waals surface area contributed by atoms with Crippen LogP contribution in [0.2, 0.25) is 0 Å². The third kappa shape index (κ3) is 2.57. The molecule has 0 aliphatic carbocycles. The third-order valence-electron chi connectivity index (χ3n) is 2.77. The van der Waals surface area contributed by atoms with Crippen molar-refractivity contribution in [3.8, 4) is 5.75 Å². The lowest BCUT2D eigenvalue weighted by Gasteiger charge is -2.03. The molecule has 92 valence electrons. The fourth-order valence-electron chi connectivity index (χ4n) is 1.70. The average Bonchev–Trinajstić information content (AvgIpc) is 2.41. The maximum absolute atomic E-state index is 9.86. The first-order valence-corrected chi connectivity index (χ1v) is 5.74. The number of rotatable bonds is 3. The number of phenolic OH excluding ortho intramolecular Hbond substituents is 1. The molecule has 0 spiro atoms. The van der Waals surface area contributed by atoms with Crippen LogP contribution in [0.1, 0.15) is 16.7 Å². The van der Waals surface area contributed by atoms with Gasteiger partial charge in [0.25, 0.3) is 0 Å². The topological polar surface area (TPSA) is 52.8 Å². The Labute approximate surface area is 106 Å². The van der Waals surface area contributed by atoms with Gasteiger partial charge in [-0.2, -0.15) is 0 Å². The van der Waals surface area contributed by atoms with E-state index in [9.17, 15) is 10.2 Å². The van der Waals surface area contributed by atoms with Crippen LogP contribution in [0.25, 0.3) is 0 Å². The lowest BCUT2D eigenvalue weighted by molar-refractivity contribution is 0.282. The van der Waals surface area contributed by atoms with Crippen molar-refractivity contribution in [1.29, 1.82) is 0 Å². The zero-order valence-corrected chi connectivity index (χ0v) is 10.2. The number of aryl methyl sites for hydroxylation is 1. The van der Waals surface area contributed by atoms with E-state index in [0.717, 1.165) is 11.1 Å². The SMILES string of the molecule is Cc1cccc(C=Nc2ccccc2CO)c1O. The maximum Gasteiger partial charge on any atom is 0.127 e. The highest BCUT2D eigenvalue weighted by Crippen LogP contribution is 2.22. The van der Waals surface area contributed by atoms with Crippen LogP contribution >= 0.6 is 0 Å². The average molecular weight is 241 g/mol. The van der Waals surface area contributed by atoms with Gasteiger partial charge in [0.05, 0.1) is 12.3 Å². The number of hydrogen-bond donors (Lipinski definition) is 2. The lowest BCUT2D eigenvalue weighted by Crippen LogP contribution is -1.87. The van der Waals surface area contributed by atoms with Crippen LogP contribution in [0.4, 0.5) is 5.69 Å². The Bertz CT molecular complexity index is 576. The van der Waals surface area contributed by atoms with Crippen molar-refractivity contribution in [2.75, 3.05) is 0 Å². The Morgan fingerprint density at radius 3 is 2.67 bits per heavy atom. The van der Waals surface area contributed by atoms with Crippen molar-refractivity contribution in [3.05, 3.63) is 59.2 Å². The van der Waals surface area contributed by atoms with Gasteiger partial charge in [-0.25, -0.2) is 0 Å². The van der Waals surface area contributed by atoms with Crippen molar-refractivity contribution in [3.63, 3.8) is 0 Å². The van der Waals surface area contributed by atoms with Crippen LogP contribution < -0.4 is 0 Å². The molecule has 0 aromatic heterocycles. The molecule has 0 unspecified atom stereocenters. The molecule has 0 saturated heterocycles. The number of nitrogens with zero attached hydrogens (tertiary/aromatic N) is 1. The molecule has 0 fully saturated rings. The quantitative estimate of drug-likeness (QED) is 0.812. The summed E-state index contributed by atoms with van der Waals surface area (Å²) < 4.78 is 0. The van der Waals surface area contributed by atoms with E-state index >= 15 is 0 Å². The molecular formula is C15H15NO2. The van der Waals surface area contributed by atoms with Crippen molar-refractivity contribution in [2.24, 2.45) is 4.99 Å². The largest absolute Gasteiger partial charge is 0.507 e. The van der Waals surface area contributed by atoms with E-state index in [2.05, 4.69) is 4.99 Å². The summed E-state index contributed by atoms with van der Waals surface area (Å²) in [6, 6.07) is 12.9. The highest BCUT2D eigenvalue weighted by Gasteiger charge is 2.01. The van der Waals surface area contributed by atoms with Crippen LogP contribution in [0.5, 0.6) is 5.75 Å². The minimum absolute atomic E-state index is 0.0483. The predicted octanol–water partition coefficient (Wildman–Crippen LogP) is 2.94. The Morgan fingerprint density at radius 1 is 1.11 bits per heavy atom. The summed E-state index contributed by atoms with van der Waals surface area (Å²) in [7, 11) is 0. The molecule has 0 heterocycles. The summed E-state index contributed by atoms with van der Waals surface area (Å²) in [5.74, 6) is 0.239. The van der Waals surface area contributed by atoms with E-state index in [1.54, 1.807) is 12.3 Å². The summed E-state index contributed by atoms with van der Waals surface area (Å²) >= 11 is 0. The normalized spacial score (nSPS) is 11.0. The number of hydrogen-bond acceptors (Lipinski definition) is 3. The Morgan fingerprint density at radius 2 is 1.89 bits per heavy atom. The van der Waals surface area contributed by atoms with Gasteiger partial charge in [0.15, 0.2) is 0 Å². The zero-order chi connectivity index (χ0) is 13.0. The van der Waals surface area contributed by atoms with Crippen LogP contribution in [0, 0.1) is 6.92 Å². The minimum Gasteiger partial charge on any atom is -0.507 e. The van der Waals surface area contributed by atoms with E-state index in [1.807, 2.05) is 43.3 Å². The molecule has 0 aliphatic heterocycles. The first kappa shape index (κ1) is 12.3. The van der Waals surface area contributed by atoms with E-state index in [-0.39, 0.29) is 12.4 Å². The van der Waals surface area contributed by atoms with Crippen molar-refractivity contribution in [2.45, 2.75) is 13.5 Å². The van der Waals surface area contributed by atoms with Gasteiger partial charge < -0.3 is 10.2 Å². The molecule has 3 nitrogen and oxygen atoms in total. The molecule has 2 aromatic rings. The monoisotopic (exact) mass is 241 g/mol. The summed E-state index contributed by atoms with van der Waals surface area (Å²) in [5, 5.41) is 19.1. The zero-order valence-electron chi connectivity index (χ0n) is 10.2. The smallest absolute Gasteiger partial charge is 0.127 e. The molecular weight excluding hydrogens is 226 g/mol. The van der Waals surface area contributed by atoms with E-state index in [0.29, 0.717) is 11.3 Å². The minimum atomic E-state index is -0.0483. The number of phenols is 1. The van der Waals surface area contributed by atoms with Crippen LogP contribution in [0.15, 0.2) is 47.5 Å². The molecule has 18 heavy (non-hydrogen) atoms. The van der Waals surface area contributed by atoms with Gasteiger partial charge >= 0.3 is 0 Å². The van der Waals surface area contributed by atoms with Crippen molar-refractivity contribution < 1.29 is 10.2 Å². The number of para-hydroxylation sites is 2. The number of aromatic hydroxyl groups is 1. The molecule has 0 bridgehead atoms. The second-order valence-electron chi connectivity index (χ2n) is 4.06. The van der Waals surface area contributed by atoms with E-state index < -0.39 is 0 Å². The third-order valence-corrected chi connectivity index (χ3v) is 2.77. The Balaban J connectivity index is 2.33. The summed E-state index contributed by atoms with van der Waals surface area (Å²) in [5.41, 5.74) is 2.96. The van der Waals surface area contributed by atoms with Gasteiger partial charge in [-0.3, -0.25) is 4.99 Å². The molecule has 2 aromatic carbocycles. The first-order chi connectivity index (χ1) is 8.72. The van der Waals surface area contributed by atoms with Crippen LogP contribution in [-0.2, 0) is 6.61 Å². The van der Waals surface area contributed by atoms with Gasteiger partial charge in [-0.1, -0.05) is 30.3 Å². The molecule has 0 amide bonds. The second-order valence-corrected chi connectivity index (χ2v) is 4.06. The fraction of sp³-hybridized carbons (Fsp3) is 0.133. The second kappa shape index (κ2) is 5.47. The van der Waals surface area contributed by atoms with Crippen LogP contribution in [0.3, 0.4) is 0 Å². The van der Waals surface area contributed by atoms with E-state index in [1.165, 1.54) is 0 Å². The Hall–Kier alpha value is -2.13. The number of aliphatic imine (C=N–C) groups is 1. The van der Waals surface area contributed by atoms with Crippen molar-refractivity contribution in [1.82, 2.24) is 0 Å². The Kier molecular flexibility index (Phi) is 3.75. The fourth-order valence-corrected chi connectivity index (χ4v) is 1.70. The number of benzene rings is 2. The van der Waals surface area contributed by atoms with Gasteiger partial charge in [0, 0.05) is 17.3 Å². The van der Waals surface area contributed by atoms with Crippen molar-refractivity contribution >= 4 is 11.9 Å². The highest BCUT2D eigenvalue weighted by molar-refractivity contribution is 5.86. The molecule has 0 aliphatic rings. The highest BCUT2D eigenvalue weighted by atomic mass is 16.3. The summed E-state index contributed by atoms with van der Waals surface area (Å²) in [6.07, 6.45) is 1.61. The summed E-state index contributed by atoms with van der Waals surface area (Å²) in [4.78, 5) is 4.30.